The fourth-order valence-electron chi connectivity index (χ4n) is 0.740. The van der Waals surface area contributed by atoms with Gasteiger partial charge in [-0.1, -0.05) is 6.08 Å². The van der Waals surface area contributed by atoms with E-state index in [1.54, 1.807) is 17.0 Å². The molecule has 1 N–H and O–H groups in total. The number of nitrogens with zero attached hydrogens (tertiary/aromatic N) is 2. The van der Waals surface area contributed by atoms with E-state index in [1.807, 2.05) is 13.0 Å². The normalized spacial score (nSPS) is 10.9. The van der Waals surface area contributed by atoms with Crippen LogP contribution in [0.4, 0.5) is 0 Å². The topological polar surface area (TPSA) is 41.7 Å². The quantitative estimate of drug-likeness (QED) is 0.848. The molecule has 1 rings (SSSR count). The number of allylic oxidation sites excluding steroid dienone is 1. The predicted molar refractivity (Wildman–Crippen MR) is 54.5 cm³/mol. The Morgan fingerprint density at radius 2 is 2.25 bits per heavy atom. The number of rotatable bonds is 1. The Morgan fingerprint density at radius 1 is 1.58 bits per heavy atom. The Bertz CT molecular complexity index is 367. The monoisotopic (exact) mass is 291 g/mol. The third kappa shape index (κ3) is 2.04. The predicted octanol–water partition coefficient (Wildman–Crippen LogP) is 2.38. The van der Waals surface area contributed by atoms with Gasteiger partial charge in [0.05, 0.1) is 0 Å². The van der Waals surface area contributed by atoms with E-state index in [0.29, 0.717) is 14.7 Å². The Balaban J connectivity index is 3.38. The Morgan fingerprint density at radius 3 is 2.83 bits per heavy atom. The summed E-state index contributed by atoms with van der Waals surface area (Å²) in [4.78, 5) is 4.01. The molecule has 0 unspecified atom stereocenters. The maximum Gasteiger partial charge on any atom is 0.162 e. The van der Waals surface area contributed by atoms with E-state index in [0.717, 1.165) is 0 Å². The summed E-state index contributed by atoms with van der Waals surface area (Å²) in [6, 6.07) is 0. The lowest BCUT2D eigenvalue weighted by molar-refractivity contribution is 0.905. The SMILES string of the molecule is C/C=C\n1cc(Br)nc(Br)c1=N. The number of hydrogen-bond donors (Lipinski definition) is 1. The molecule has 5 heteroatoms. The zero-order valence-electron chi connectivity index (χ0n) is 6.38. The van der Waals surface area contributed by atoms with Gasteiger partial charge >= 0.3 is 0 Å². The molecule has 1 heterocycles. The molecule has 64 valence electrons. The number of halogens is 2. The zero-order chi connectivity index (χ0) is 9.14. The number of nitrogens with one attached hydrogen (secondary N) is 1. The molecule has 0 aliphatic rings. The Kier molecular flexibility index (Phi) is 3.22. The van der Waals surface area contributed by atoms with E-state index < -0.39 is 0 Å². The summed E-state index contributed by atoms with van der Waals surface area (Å²) in [5.74, 6) is 0. The third-order valence-corrected chi connectivity index (χ3v) is 2.15. The minimum Gasteiger partial charge on any atom is -0.304 e. The van der Waals surface area contributed by atoms with Crippen LogP contribution in [-0.2, 0) is 0 Å². The molecule has 0 saturated carbocycles. The van der Waals surface area contributed by atoms with Crippen molar-refractivity contribution in [3.05, 3.63) is 27.0 Å². The van der Waals surface area contributed by atoms with Crippen LogP contribution in [0, 0.1) is 5.41 Å². The van der Waals surface area contributed by atoms with Gasteiger partial charge in [0.15, 0.2) is 5.49 Å². The highest BCUT2D eigenvalue weighted by Gasteiger charge is 1.97. The highest BCUT2D eigenvalue weighted by Crippen LogP contribution is 2.07. The molecule has 1 aromatic heterocycles. The lowest BCUT2D eigenvalue weighted by Gasteiger charge is -2.01. The van der Waals surface area contributed by atoms with Gasteiger partial charge in [0.2, 0.25) is 0 Å². The van der Waals surface area contributed by atoms with Gasteiger partial charge in [0.25, 0.3) is 0 Å². The molecule has 12 heavy (non-hydrogen) atoms. The molecule has 0 aliphatic heterocycles. The van der Waals surface area contributed by atoms with Crippen molar-refractivity contribution in [3.63, 3.8) is 0 Å². The Labute approximate surface area is 86.9 Å². The average molecular weight is 293 g/mol. The molecular formula is C7H7Br2N3. The second-order valence-electron chi connectivity index (χ2n) is 2.09. The first kappa shape index (κ1) is 9.67. The van der Waals surface area contributed by atoms with Gasteiger partial charge in [-0.05, 0) is 38.8 Å². The standard InChI is InChI=1S/C7H7Br2N3/c1-2-3-12-4-5(8)11-6(9)7(12)10/h2-4,10H,1H3/b3-2-,10-7?. The molecule has 0 amide bonds. The van der Waals surface area contributed by atoms with E-state index in [4.69, 9.17) is 5.41 Å². The smallest absolute Gasteiger partial charge is 0.162 e. The van der Waals surface area contributed by atoms with Crippen LogP contribution in [0.5, 0.6) is 0 Å². The van der Waals surface area contributed by atoms with Crippen molar-refractivity contribution < 1.29 is 0 Å². The largest absolute Gasteiger partial charge is 0.304 e. The van der Waals surface area contributed by atoms with Crippen molar-refractivity contribution >= 4 is 38.1 Å². The molecule has 0 radical (unpaired) electrons. The summed E-state index contributed by atoms with van der Waals surface area (Å²) in [6.07, 6.45) is 5.38. The maximum absolute atomic E-state index is 7.58. The molecule has 0 fully saturated rings. The third-order valence-electron chi connectivity index (χ3n) is 1.21. The first-order valence-corrected chi connectivity index (χ1v) is 4.85. The summed E-state index contributed by atoms with van der Waals surface area (Å²) >= 11 is 6.42. The first-order chi connectivity index (χ1) is 5.65. The van der Waals surface area contributed by atoms with Crippen molar-refractivity contribution in [1.82, 2.24) is 9.55 Å². The molecule has 0 atom stereocenters. The second kappa shape index (κ2) is 4.00. The lowest BCUT2D eigenvalue weighted by atomic mass is 10.6. The number of aromatic nitrogens is 2. The van der Waals surface area contributed by atoms with Crippen LogP contribution >= 0.6 is 31.9 Å². The van der Waals surface area contributed by atoms with Crippen LogP contribution in [0.3, 0.4) is 0 Å². The molecule has 0 saturated heterocycles. The van der Waals surface area contributed by atoms with Crippen LogP contribution in [0.2, 0.25) is 0 Å². The van der Waals surface area contributed by atoms with Gasteiger partial charge in [-0.15, -0.1) is 0 Å². The highest BCUT2D eigenvalue weighted by molar-refractivity contribution is 9.11. The van der Waals surface area contributed by atoms with E-state index in [9.17, 15) is 0 Å². The van der Waals surface area contributed by atoms with Crippen molar-refractivity contribution in [2.45, 2.75) is 6.92 Å². The molecular weight excluding hydrogens is 286 g/mol. The lowest BCUT2D eigenvalue weighted by Crippen LogP contribution is -2.17. The molecule has 3 nitrogen and oxygen atoms in total. The van der Waals surface area contributed by atoms with Gasteiger partial charge in [-0.2, -0.15) is 0 Å². The van der Waals surface area contributed by atoms with Gasteiger partial charge in [-0.25, -0.2) is 4.98 Å². The fourth-order valence-corrected chi connectivity index (χ4v) is 1.77. The average Bonchev–Trinajstić information content (AvgIpc) is 2.00. The second-order valence-corrected chi connectivity index (χ2v) is 3.66. The van der Waals surface area contributed by atoms with Crippen molar-refractivity contribution in [2.75, 3.05) is 0 Å². The number of hydrogen-bond acceptors (Lipinski definition) is 2. The van der Waals surface area contributed by atoms with E-state index >= 15 is 0 Å². The summed E-state index contributed by atoms with van der Waals surface area (Å²) in [5.41, 5.74) is 0.330. The van der Waals surface area contributed by atoms with Gasteiger partial charge in [-0.3, -0.25) is 5.41 Å². The first-order valence-electron chi connectivity index (χ1n) is 3.26. The van der Waals surface area contributed by atoms with Crippen LogP contribution < -0.4 is 5.49 Å². The fraction of sp³-hybridized carbons (Fsp3) is 0.143. The van der Waals surface area contributed by atoms with Crippen LogP contribution in [0.25, 0.3) is 6.20 Å². The summed E-state index contributed by atoms with van der Waals surface area (Å²) in [5, 5.41) is 7.58. The molecule has 0 bridgehead atoms. The summed E-state index contributed by atoms with van der Waals surface area (Å²) in [6.45, 7) is 1.90. The van der Waals surface area contributed by atoms with E-state index in [1.165, 1.54) is 0 Å². The maximum atomic E-state index is 7.58. The van der Waals surface area contributed by atoms with Crippen LogP contribution in [0.15, 0.2) is 21.5 Å². The zero-order valence-corrected chi connectivity index (χ0v) is 9.55. The highest BCUT2D eigenvalue weighted by atomic mass is 79.9. The van der Waals surface area contributed by atoms with Crippen LogP contribution in [0.1, 0.15) is 6.92 Å². The minimum absolute atomic E-state index is 0.330. The van der Waals surface area contributed by atoms with E-state index in [-0.39, 0.29) is 0 Å². The van der Waals surface area contributed by atoms with Crippen molar-refractivity contribution in [1.29, 1.82) is 5.41 Å². The molecule has 0 aliphatic carbocycles. The van der Waals surface area contributed by atoms with E-state index in [2.05, 4.69) is 36.8 Å². The minimum atomic E-state index is 0.330. The van der Waals surface area contributed by atoms with Crippen molar-refractivity contribution in [3.8, 4) is 0 Å². The summed E-state index contributed by atoms with van der Waals surface area (Å²) in [7, 11) is 0. The summed E-state index contributed by atoms with van der Waals surface area (Å²) < 4.78 is 2.89. The van der Waals surface area contributed by atoms with Crippen LogP contribution in [-0.4, -0.2) is 9.55 Å². The van der Waals surface area contributed by atoms with Gasteiger partial charge < -0.3 is 4.57 Å². The molecule has 1 aromatic rings. The molecule has 0 aromatic carbocycles. The van der Waals surface area contributed by atoms with Gasteiger partial charge in [0.1, 0.15) is 9.21 Å². The van der Waals surface area contributed by atoms with Gasteiger partial charge in [0, 0.05) is 12.4 Å². The molecule has 0 spiro atoms. The van der Waals surface area contributed by atoms with Crippen molar-refractivity contribution in [2.24, 2.45) is 0 Å². The Hall–Kier alpha value is -0.420.